The van der Waals surface area contributed by atoms with Gasteiger partial charge in [0, 0.05) is 5.56 Å². The Labute approximate surface area is 70.3 Å². The minimum Gasteiger partial charge on any atom is -0.351 e. The Morgan fingerprint density at radius 2 is 2.08 bits per heavy atom. The van der Waals surface area contributed by atoms with Crippen LogP contribution in [0.15, 0.2) is 30.3 Å². The number of carbonyl (C=O) groups is 1. The molecule has 1 N–H and O–H groups in total. The lowest BCUT2D eigenvalue weighted by Gasteiger charge is -1.99. The van der Waals surface area contributed by atoms with Gasteiger partial charge in [0.2, 0.25) is 0 Å². The molecule has 1 amide bonds. The maximum absolute atomic E-state index is 11.3. The smallest absolute Gasteiger partial charge is 0.253 e. The van der Waals surface area contributed by atoms with Crippen molar-refractivity contribution in [1.29, 1.82) is 0 Å². The molecule has 1 fully saturated rings. The summed E-state index contributed by atoms with van der Waals surface area (Å²) < 4.78 is 4.87. The third-order valence-electron chi connectivity index (χ3n) is 1.66. The van der Waals surface area contributed by atoms with E-state index in [0.29, 0.717) is 12.2 Å². The molecule has 1 aliphatic heterocycles. The van der Waals surface area contributed by atoms with Crippen LogP contribution in [0.5, 0.6) is 0 Å². The molecule has 2 rings (SSSR count). The van der Waals surface area contributed by atoms with Crippen molar-refractivity contribution in [3.05, 3.63) is 35.9 Å². The van der Waals surface area contributed by atoms with E-state index in [2.05, 4.69) is 5.32 Å². The molecule has 1 heterocycles. The Kier molecular flexibility index (Phi) is 1.80. The second-order valence-corrected chi connectivity index (χ2v) is 2.66. The SMILES string of the molecule is O=C(NC1CO1)c1ccccc1. The van der Waals surface area contributed by atoms with Gasteiger partial charge in [-0.25, -0.2) is 0 Å². The predicted octanol–water partition coefficient (Wildman–Crippen LogP) is 0.773. The fourth-order valence-electron chi connectivity index (χ4n) is 0.951. The highest BCUT2D eigenvalue weighted by Crippen LogP contribution is 2.06. The monoisotopic (exact) mass is 163 g/mol. The van der Waals surface area contributed by atoms with Crippen molar-refractivity contribution in [3.63, 3.8) is 0 Å². The van der Waals surface area contributed by atoms with Gasteiger partial charge in [0.1, 0.15) is 0 Å². The first-order valence-electron chi connectivity index (χ1n) is 3.84. The largest absolute Gasteiger partial charge is 0.351 e. The fourth-order valence-corrected chi connectivity index (χ4v) is 0.951. The summed E-state index contributed by atoms with van der Waals surface area (Å²) in [6.07, 6.45) is -0.0577. The molecule has 1 unspecified atom stereocenters. The van der Waals surface area contributed by atoms with Gasteiger partial charge in [0.15, 0.2) is 6.23 Å². The van der Waals surface area contributed by atoms with Gasteiger partial charge in [-0.2, -0.15) is 0 Å². The average molecular weight is 163 g/mol. The Bertz CT molecular complexity index is 280. The molecule has 1 aromatic carbocycles. The summed E-state index contributed by atoms with van der Waals surface area (Å²) in [6, 6.07) is 9.10. The van der Waals surface area contributed by atoms with E-state index >= 15 is 0 Å². The van der Waals surface area contributed by atoms with Crippen molar-refractivity contribution in [2.24, 2.45) is 0 Å². The second kappa shape index (κ2) is 2.95. The number of epoxide rings is 1. The summed E-state index contributed by atoms with van der Waals surface area (Å²) in [7, 11) is 0. The molecule has 1 aliphatic rings. The Morgan fingerprint density at radius 3 is 2.67 bits per heavy atom. The van der Waals surface area contributed by atoms with E-state index in [9.17, 15) is 4.79 Å². The minimum atomic E-state index is -0.0712. The van der Waals surface area contributed by atoms with Crippen LogP contribution in [-0.2, 0) is 4.74 Å². The molecule has 1 atom stereocenters. The molecule has 12 heavy (non-hydrogen) atoms. The molecule has 1 aromatic rings. The third kappa shape index (κ3) is 1.62. The van der Waals surface area contributed by atoms with E-state index in [1.165, 1.54) is 0 Å². The number of benzene rings is 1. The average Bonchev–Trinajstić information content (AvgIpc) is 2.90. The number of nitrogens with one attached hydrogen (secondary N) is 1. The van der Waals surface area contributed by atoms with Gasteiger partial charge in [-0.3, -0.25) is 4.79 Å². The van der Waals surface area contributed by atoms with E-state index < -0.39 is 0 Å². The predicted molar refractivity (Wildman–Crippen MR) is 43.6 cm³/mol. The number of rotatable bonds is 2. The Balaban J connectivity index is 2.03. The van der Waals surface area contributed by atoms with E-state index in [4.69, 9.17) is 4.74 Å². The normalized spacial score (nSPS) is 20.2. The highest BCUT2D eigenvalue weighted by molar-refractivity contribution is 5.94. The van der Waals surface area contributed by atoms with Gasteiger partial charge in [0.05, 0.1) is 6.61 Å². The quantitative estimate of drug-likeness (QED) is 0.654. The Morgan fingerprint density at radius 1 is 1.42 bits per heavy atom. The van der Waals surface area contributed by atoms with Crippen molar-refractivity contribution in [2.45, 2.75) is 6.23 Å². The van der Waals surface area contributed by atoms with Crippen LogP contribution >= 0.6 is 0 Å². The van der Waals surface area contributed by atoms with Gasteiger partial charge in [-0.1, -0.05) is 18.2 Å². The van der Waals surface area contributed by atoms with E-state index in [1.807, 2.05) is 18.2 Å². The lowest BCUT2D eigenvalue weighted by atomic mass is 10.2. The van der Waals surface area contributed by atoms with Crippen LogP contribution in [0, 0.1) is 0 Å². The topological polar surface area (TPSA) is 41.6 Å². The number of ether oxygens (including phenoxy) is 1. The van der Waals surface area contributed by atoms with Gasteiger partial charge < -0.3 is 10.1 Å². The highest BCUT2D eigenvalue weighted by Gasteiger charge is 2.24. The lowest BCUT2D eigenvalue weighted by molar-refractivity contribution is 0.0935. The van der Waals surface area contributed by atoms with Gasteiger partial charge in [-0.05, 0) is 12.1 Å². The van der Waals surface area contributed by atoms with Crippen molar-refractivity contribution >= 4 is 5.91 Å². The zero-order valence-electron chi connectivity index (χ0n) is 6.49. The van der Waals surface area contributed by atoms with Gasteiger partial charge in [-0.15, -0.1) is 0 Å². The Hall–Kier alpha value is -1.35. The van der Waals surface area contributed by atoms with Crippen molar-refractivity contribution < 1.29 is 9.53 Å². The molecule has 0 bridgehead atoms. The van der Waals surface area contributed by atoms with E-state index in [1.54, 1.807) is 12.1 Å². The molecule has 1 saturated heterocycles. The number of carbonyl (C=O) groups excluding carboxylic acids is 1. The minimum absolute atomic E-state index is 0.0577. The zero-order chi connectivity index (χ0) is 8.39. The summed E-state index contributed by atoms with van der Waals surface area (Å²) in [4.78, 5) is 11.3. The number of hydrogen-bond acceptors (Lipinski definition) is 2. The van der Waals surface area contributed by atoms with Crippen LogP contribution in [0.1, 0.15) is 10.4 Å². The van der Waals surface area contributed by atoms with Crippen LogP contribution < -0.4 is 5.32 Å². The van der Waals surface area contributed by atoms with Crippen LogP contribution in [0.25, 0.3) is 0 Å². The summed E-state index contributed by atoms with van der Waals surface area (Å²) >= 11 is 0. The van der Waals surface area contributed by atoms with Gasteiger partial charge >= 0.3 is 0 Å². The van der Waals surface area contributed by atoms with Crippen LogP contribution in [0.3, 0.4) is 0 Å². The molecule has 3 heteroatoms. The maximum atomic E-state index is 11.3. The van der Waals surface area contributed by atoms with Crippen LogP contribution in [-0.4, -0.2) is 18.7 Å². The number of amides is 1. The first-order chi connectivity index (χ1) is 5.86. The van der Waals surface area contributed by atoms with Crippen molar-refractivity contribution in [1.82, 2.24) is 5.32 Å². The summed E-state index contributed by atoms with van der Waals surface area (Å²) in [5.41, 5.74) is 0.674. The summed E-state index contributed by atoms with van der Waals surface area (Å²) in [5, 5.41) is 2.71. The molecule has 0 aromatic heterocycles. The molecule has 0 radical (unpaired) electrons. The highest BCUT2D eigenvalue weighted by atomic mass is 16.6. The molecule has 0 saturated carbocycles. The molecule has 62 valence electrons. The van der Waals surface area contributed by atoms with Crippen LogP contribution in [0.4, 0.5) is 0 Å². The number of hydrogen-bond donors (Lipinski definition) is 1. The van der Waals surface area contributed by atoms with Crippen molar-refractivity contribution in [3.8, 4) is 0 Å². The van der Waals surface area contributed by atoms with E-state index in [-0.39, 0.29) is 12.1 Å². The molecule has 3 nitrogen and oxygen atoms in total. The van der Waals surface area contributed by atoms with Gasteiger partial charge in [0.25, 0.3) is 5.91 Å². The summed E-state index contributed by atoms with van der Waals surface area (Å²) in [6.45, 7) is 0.637. The fraction of sp³-hybridized carbons (Fsp3) is 0.222. The summed E-state index contributed by atoms with van der Waals surface area (Å²) in [5.74, 6) is -0.0712. The second-order valence-electron chi connectivity index (χ2n) is 2.66. The van der Waals surface area contributed by atoms with Crippen LogP contribution in [0.2, 0.25) is 0 Å². The lowest BCUT2D eigenvalue weighted by Crippen LogP contribution is -2.26. The van der Waals surface area contributed by atoms with Crippen molar-refractivity contribution in [2.75, 3.05) is 6.61 Å². The third-order valence-corrected chi connectivity index (χ3v) is 1.66. The molecular formula is C9H9NO2. The first kappa shape index (κ1) is 7.31. The molecular weight excluding hydrogens is 154 g/mol. The zero-order valence-corrected chi connectivity index (χ0v) is 6.49. The maximum Gasteiger partial charge on any atom is 0.253 e. The molecule has 0 spiro atoms. The van der Waals surface area contributed by atoms with E-state index in [0.717, 1.165) is 0 Å². The standard InChI is InChI=1S/C9H9NO2/c11-9(10-8-6-12-8)7-4-2-1-3-5-7/h1-5,8H,6H2,(H,10,11). The first-order valence-corrected chi connectivity index (χ1v) is 3.84. The molecule has 0 aliphatic carbocycles.